The highest BCUT2D eigenvalue weighted by Crippen LogP contribution is 2.15. The molecule has 1 N–H and O–H groups in total. The van der Waals surface area contributed by atoms with Crippen molar-refractivity contribution in [1.82, 2.24) is 34.9 Å². The fraction of sp³-hybridized carbons (Fsp3) is 0.667. The molecule has 0 aromatic carbocycles. The zero-order valence-electron chi connectivity index (χ0n) is 13.9. The van der Waals surface area contributed by atoms with E-state index in [0.717, 1.165) is 57.1 Å². The molecular weight excluding hydrogens is 310 g/mol. The number of carboxylic acid groups (broad SMARTS) is 1. The third-order valence-electron chi connectivity index (χ3n) is 4.29. The highest BCUT2D eigenvalue weighted by molar-refractivity contribution is 5.66. The van der Waals surface area contributed by atoms with Gasteiger partial charge in [0.25, 0.3) is 0 Å². The predicted octanol–water partition coefficient (Wildman–Crippen LogP) is 0.491. The lowest BCUT2D eigenvalue weighted by Gasteiger charge is -2.19. The highest BCUT2D eigenvalue weighted by atomic mass is 16.4. The number of nitrogens with zero attached hydrogens (tertiary/aromatic N) is 7. The molecule has 0 bridgehead atoms. The number of tetrazole rings is 1. The Morgan fingerprint density at radius 2 is 2.21 bits per heavy atom. The molecule has 0 radical (unpaired) electrons. The van der Waals surface area contributed by atoms with Crippen LogP contribution < -0.4 is 0 Å². The van der Waals surface area contributed by atoms with Crippen LogP contribution in [0.25, 0.3) is 0 Å². The van der Waals surface area contributed by atoms with E-state index in [1.54, 1.807) is 0 Å². The van der Waals surface area contributed by atoms with Crippen LogP contribution >= 0.6 is 0 Å². The van der Waals surface area contributed by atoms with E-state index in [2.05, 4.69) is 25.5 Å². The van der Waals surface area contributed by atoms with Crippen molar-refractivity contribution in [1.29, 1.82) is 0 Å². The number of hydrogen-bond donors (Lipinski definition) is 1. The Morgan fingerprint density at radius 1 is 1.33 bits per heavy atom. The molecule has 0 fully saturated rings. The second-order valence-electron chi connectivity index (χ2n) is 6.18. The third kappa shape index (κ3) is 4.16. The van der Waals surface area contributed by atoms with Crippen LogP contribution in [0.5, 0.6) is 0 Å². The lowest BCUT2D eigenvalue weighted by Crippen LogP contribution is -2.25. The van der Waals surface area contributed by atoms with Gasteiger partial charge in [0.05, 0.1) is 17.8 Å². The molecule has 1 aliphatic heterocycles. The van der Waals surface area contributed by atoms with Crippen molar-refractivity contribution < 1.29 is 9.90 Å². The maximum absolute atomic E-state index is 10.7. The van der Waals surface area contributed by atoms with Crippen LogP contribution in [0.15, 0.2) is 6.07 Å². The van der Waals surface area contributed by atoms with Gasteiger partial charge in [-0.1, -0.05) is 0 Å². The number of aliphatic carboxylic acids is 1. The Balaban J connectivity index is 1.53. The molecular formula is C15H23N7O2. The van der Waals surface area contributed by atoms with Gasteiger partial charge in [-0.05, 0) is 36.3 Å². The zero-order valence-corrected chi connectivity index (χ0v) is 13.9. The summed E-state index contributed by atoms with van der Waals surface area (Å²) in [5.41, 5.74) is 2.05. The molecule has 0 unspecified atom stereocenters. The van der Waals surface area contributed by atoms with Crippen molar-refractivity contribution in [3.63, 3.8) is 0 Å². The number of hydrogen-bond acceptors (Lipinski definition) is 6. The molecule has 1 aliphatic rings. The number of aromatic nitrogens is 6. The monoisotopic (exact) mass is 333 g/mol. The number of carbonyl (C=O) groups is 1. The van der Waals surface area contributed by atoms with Gasteiger partial charge in [-0.25, -0.2) is 4.68 Å². The van der Waals surface area contributed by atoms with Gasteiger partial charge in [0.1, 0.15) is 5.82 Å². The Bertz CT molecular complexity index is 694. The van der Waals surface area contributed by atoms with Crippen molar-refractivity contribution in [2.45, 2.75) is 52.2 Å². The van der Waals surface area contributed by atoms with Crippen molar-refractivity contribution in [2.24, 2.45) is 0 Å². The molecule has 2 aromatic heterocycles. The molecule has 24 heavy (non-hydrogen) atoms. The van der Waals surface area contributed by atoms with Crippen LogP contribution in [-0.2, 0) is 30.8 Å². The van der Waals surface area contributed by atoms with Crippen LogP contribution in [0.1, 0.15) is 36.5 Å². The summed E-state index contributed by atoms with van der Waals surface area (Å²) in [6.45, 7) is 6.50. The van der Waals surface area contributed by atoms with Crippen LogP contribution in [0.2, 0.25) is 0 Å². The van der Waals surface area contributed by atoms with Crippen LogP contribution in [0.3, 0.4) is 0 Å². The van der Waals surface area contributed by atoms with E-state index in [9.17, 15) is 4.79 Å². The Labute approximate surface area is 140 Å². The van der Waals surface area contributed by atoms with Gasteiger partial charge in [-0.3, -0.25) is 14.4 Å². The number of aryl methyl sites for hydroxylation is 4. The maximum atomic E-state index is 10.7. The summed E-state index contributed by atoms with van der Waals surface area (Å²) < 4.78 is 3.86. The normalized spacial score (nSPS) is 15.2. The lowest BCUT2D eigenvalue weighted by molar-refractivity contribution is -0.136. The number of fused-ring (bicyclic) bond motifs is 1. The molecule has 0 aliphatic carbocycles. The average molecular weight is 333 g/mol. The first-order chi connectivity index (χ1) is 11.6. The SMILES string of the molecule is Cc1nnnn1CCCN1CCCn2nc(CCC(=O)O)cc2C1. The van der Waals surface area contributed by atoms with E-state index in [4.69, 9.17) is 5.11 Å². The Hall–Kier alpha value is -2.29. The maximum Gasteiger partial charge on any atom is 0.303 e. The molecule has 2 aromatic rings. The van der Waals surface area contributed by atoms with E-state index < -0.39 is 5.97 Å². The van der Waals surface area contributed by atoms with Gasteiger partial charge >= 0.3 is 5.97 Å². The highest BCUT2D eigenvalue weighted by Gasteiger charge is 2.17. The molecule has 9 nitrogen and oxygen atoms in total. The van der Waals surface area contributed by atoms with Gasteiger partial charge in [0.15, 0.2) is 0 Å². The summed E-state index contributed by atoms with van der Waals surface area (Å²) in [4.78, 5) is 13.1. The summed E-state index contributed by atoms with van der Waals surface area (Å²) in [5.74, 6) is 0.0599. The zero-order chi connectivity index (χ0) is 16.9. The molecule has 3 heterocycles. The van der Waals surface area contributed by atoms with E-state index in [0.29, 0.717) is 6.42 Å². The summed E-state index contributed by atoms with van der Waals surface area (Å²) in [6, 6.07) is 2.05. The van der Waals surface area contributed by atoms with Crippen molar-refractivity contribution in [3.8, 4) is 0 Å². The van der Waals surface area contributed by atoms with E-state index in [-0.39, 0.29) is 6.42 Å². The molecule has 0 amide bonds. The minimum atomic E-state index is -0.780. The molecule has 130 valence electrons. The third-order valence-corrected chi connectivity index (χ3v) is 4.29. The molecule has 0 saturated heterocycles. The van der Waals surface area contributed by atoms with Crippen molar-refractivity contribution in [2.75, 3.05) is 13.1 Å². The minimum Gasteiger partial charge on any atom is -0.481 e. The first-order valence-electron chi connectivity index (χ1n) is 8.34. The Morgan fingerprint density at radius 3 is 2.96 bits per heavy atom. The van der Waals surface area contributed by atoms with Gasteiger partial charge < -0.3 is 5.11 Å². The number of carboxylic acids is 1. The summed E-state index contributed by atoms with van der Waals surface area (Å²) >= 11 is 0. The van der Waals surface area contributed by atoms with Gasteiger partial charge in [0, 0.05) is 39.1 Å². The van der Waals surface area contributed by atoms with Gasteiger partial charge in [-0.15, -0.1) is 5.10 Å². The summed E-state index contributed by atoms with van der Waals surface area (Å²) in [5, 5.41) is 24.9. The predicted molar refractivity (Wildman–Crippen MR) is 85.2 cm³/mol. The molecule has 9 heteroatoms. The van der Waals surface area contributed by atoms with E-state index in [1.807, 2.05) is 22.4 Å². The summed E-state index contributed by atoms with van der Waals surface area (Å²) in [6.07, 6.45) is 2.67. The van der Waals surface area contributed by atoms with E-state index >= 15 is 0 Å². The second-order valence-corrected chi connectivity index (χ2v) is 6.18. The standard InChI is InChI=1S/C15H23N7O2/c1-12-16-18-19-21(12)8-2-6-20-7-3-9-22-14(11-20)10-13(17-22)4-5-15(23)24/h10H,2-9,11H2,1H3,(H,23,24). The lowest BCUT2D eigenvalue weighted by atomic mass is 10.2. The molecule has 0 atom stereocenters. The largest absolute Gasteiger partial charge is 0.481 e. The van der Waals surface area contributed by atoms with Crippen molar-refractivity contribution >= 4 is 5.97 Å². The van der Waals surface area contributed by atoms with E-state index in [1.165, 1.54) is 5.69 Å². The molecule has 0 saturated carbocycles. The van der Waals surface area contributed by atoms with Crippen LogP contribution in [0.4, 0.5) is 0 Å². The topological polar surface area (TPSA) is 102 Å². The smallest absolute Gasteiger partial charge is 0.303 e. The number of rotatable bonds is 7. The fourth-order valence-corrected chi connectivity index (χ4v) is 3.04. The molecule has 3 rings (SSSR count). The summed E-state index contributed by atoms with van der Waals surface area (Å²) in [7, 11) is 0. The first kappa shape index (κ1) is 16.6. The van der Waals surface area contributed by atoms with Crippen molar-refractivity contribution in [3.05, 3.63) is 23.3 Å². The fourth-order valence-electron chi connectivity index (χ4n) is 3.04. The van der Waals surface area contributed by atoms with Gasteiger partial charge in [-0.2, -0.15) is 5.10 Å². The van der Waals surface area contributed by atoms with Gasteiger partial charge in [0.2, 0.25) is 0 Å². The Kier molecular flexibility index (Phi) is 5.19. The minimum absolute atomic E-state index is 0.130. The second kappa shape index (κ2) is 7.52. The van der Waals surface area contributed by atoms with Crippen LogP contribution in [0, 0.1) is 6.92 Å². The van der Waals surface area contributed by atoms with Crippen LogP contribution in [-0.4, -0.2) is 59.1 Å². The molecule has 0 spiro atoms. The average Bonchev–Trinajstić information content (AvgIpc) is 3.07. The first-order valence-corrected chi connectivity index (χ1v) is 8.34. The quantitative estimate of drug-likeness (QED) is 0.786.